The van der Waals surface area contributed by atoms with E-state index in [1.807, 2.05) is 61.5 Å². The van der Waals surface area contributed by atoms with Crippen LogP contribution in [-0.4, -0.2) is 11.9 Å². The lowest BCUT2D eigenvalue weighted by Crippen LogP contribution is -2.44. The Hall–Kier alpha value is -3.14. The number of benzene rings is 3. The van der Waals surface area contributed by atoms with Crippen molar-refractivity contribution < 1.29 is 9.18 Å². The molecule has 1 aliphatic rings. The molecule has 27 heavy (non-hydrogen) atoms. The number of halogens is 1. The number of anilines is 2. The maximum absolute atomic E-state index is 14.2. The van der Waals surface area contributed by atoms with E-state index in [-0.39, 0.29) is 23.6 Å². The number of hydrogen-bond donors (Lipinski definition) is 1. The van der Waals surface area contributed by atoms with E-state index in [1.54, 1.807) is 23.1 Å². The molecule has 4 heteroatoms. The molecule has 0 radical (unpaired) electrons. The van der Waals surface area contributed by atoms with Gasteiger partial charge in [-0.25, -0.2) is 4.39 Å². The number of amides is 1. The molecule has 4 rings (SSSR count). The molecule has 0 saturated heterocycles. The molecule has 1 N–H and O–H groups in total. The van der Waals surface area contributed by atoms with E-state index in [1.165, 1.54) is 6.07 Å². The largest absolute Gasteiger partial charge is 0.378 e. The zero-order chi connectivity index (χ0) is 18.8. The fourth-order valence-electron chi connectivity index (χ4n) is 3.76. The summed E-state index contributed by atoms with van der Waals surface area (Å²) in [6.45, 7) is 2.01. The van der Waals surface area contributed by atoms with Gasteiger partial charge in [-0.3, -0.25) is 4.79 Å². The first-order valence-corrected chi connectivity index (χ1v) is 9.14. The molecule has 0 fully saturated rings. The van der Waals surface area contributed by atoms with Crippen LogP contribution >= 0.6 is 0 Å². The molecule has 0 saturated carbocycles. The van der Waals surface area contributed by atoms with Crippen LogP contribution in [0.1, 0.15) is 35.3 Å². The molecule has 0 aromatic heterocycles. The van der Waals surface area contributed by atoms with Gasteiger partial charge in [0.15, 0.2) is 0 Å². The highest BCUT2D eigenvalue weighted by molar-refractivity contribution is 6.07. The van der Waals surface area contributed by atoms with Gasteiger partial charge in [-0.05, 0) is 49.2 Å². The van der Waals surface area contributed by atoms with Crippen molar-refractivity contribution in [3.8, 4) is 0 Å². The minimum absolute atomic E-state index is 0.0618. The van der Waals surface area contributed by atoms with Crippen LogP contribution < -0.4 is 10.2 Å². The monoisotopic (exact) mass is 360 g/mol. The van der Waals surface area contributed by atoms with Gasteiger partial charge in [-0.15, -0.1) is 0 Å². The van der Waals surface area contributed by atoms with Crippen molar-refractivity contribution in [2.45, 2.75) is 25.4 Å². The number of carbonyl (C=O) groups excluding carboxylic acids is 1. The SMILES string of the molecule is C[C@H]1C[C@H](Nc2ccccc2)c2ccccc2N1C(=O)c1ccccc1F. The molecule has 3 aromatic carbocycles. The highest BCUT2D eigenvalue weighted by atomic mass is 19.1. The molecule has 0 bridgehead atoms. The average molecular weight is 360 g/mol. The zero-order valence-corrected chi connectivity index (χ0v) is 15.1. The van der Waals surface area contributed by atoms with Crippen molar-refractivity contribution in [1.29, 1.82) is 0 Å². The number of hydrogen-bond acceptors (Lipinski definition) is 2. The molecule has 1 aliphatic heterocycles. The lowest BCUT2D eigenvalue weighted by molar-refractivity contribution is 0.0970. The highest BCUT2D eigenvalue weighted by Crippen LogP contribution is 2.39. The van der Waals surface area contributed by atoms with Crippen molar-refractivity contribution in [3.05, 3.63) is 95.8 Å². The second-order valence-corrected chi connectivity index (χ2v) is 6.86. The summed E-state index contributed by atoms with van der Waals surface area (Å²) in [5.41, 5.74) is 3.02. The summed E-state index contributed by atoms with van der Waals surface area (Å²) in [4.78, 5) is 14.8. The molecular formula is C23H21FN2O. The summed E-state index contributed by atoms with van der Waals surface area (Å²) in [5, 5.41) is 3.57. The van der Waals surface area contributed by atoms with Gasteiger partial charge in [-0.1, -0.05) is 48.5 Å². The summed E-state index contributed by atoms with van der Waals surface area (Å²) in [6.07, 6.45) is 0.742. The van der Waals surface area contributed by atoms with E-state index in [2.05, 4.69) is 5.32 Å². The lowest BCUT2D eigenvalue weighted by atomic mass is 9.90. The molecule has 0 spiro atoms. The molecule has 3 nitrogen and oxygen atoms in total. The normalized spacial score (nSPS) is 18.7. The molecule has 2 atom stereocenters. The third kappa shape index (κ3) is 3.31. The maximum atomic E-state index is 14.2. The fourth-order valence-corrected chi connectivity index (χ4v) is 3.76. The standard InChI is InChI=1S/C23H21FN2O/c1-16-15-21(25-17-9-3-2-4-10-17)19-12-6-8-14-22(19)26(16)23(27)18-11-5-7-13-20(18)24/h2-14,16,21,25H,15H2,1H3/t16-,21-/m0/s1. The third-order valence-electron chi connectivity index (χ3n) is 5.03. The van der Waals surface area contributed by atoms with Crippen LogP contribution in [0.4, 0.5) is 15.8 Å². The first-order valence-electron chi connectivity index (χ1n) is 9.14. The van der Waals surface area contributed by atoms with Gasteiger partial charge >= 0.3 is 0 Å². The van der Waals surface area contributed by atoms with E-state index in [9.17, 15) is 9.18 Å². The molecular weight excluding hydrogens is 339 g/mol. The molecule has 3 aromatic rings. The van der Waals surface area contributed by atoms with Gasteiger partial charge in [0.25, 0.3) is 5.91 Å². The van der Waals surface area contributed by atoms with Gasteiger partial charge in [0, 0.05) is 17.4 Å². The van der Waals surface area contributed by atoms with Gasteiger partial charge < -0.3 is 10.2 Å². The third-order valence-corrected chi connectivity index (χ3v) is 5.03. The molecule has 0 aliphatic carbocycles. The van der Waals surface area contributed by atoms with Crippen molar-refractivity contribution in [2.75, 3.05) is 10.2 Å². The van der Waals surface area contributed by atoms with E-state index in [4.69, 9.17) is 0 Å². The summed E-state index contributed by atoms with van der Waals surface area (Å²) in [7, 11) is 0. The number of carbonyl (C=O) groups is 1. The van der Waals surface area contributed by atoms with Crippen LogP contribution in [0.15, 0.2) is 78.9 Å². The van der Waals surface area contributed by atoms with Crippen LogP contribution in [0.3, 0.4) is 0 Å². The number of rotatable bonds is 3. The number of para-hydroxylation sites is 2. The van der Waals surface area contributed by atoms with Crippen molar-refractivity contribution in [1.82, 2.24) is 0 Å². The Kier molecular flexibility index (Phi) is 4.63. The Bertz CT molecular complexity index is 957. The summed E-state index contributed by atoms with van der Waals surface area (Å²) >= 11 is 0. The fraction of sp³-hybridized carbons (Fsp3) is 0.174. The molecule has 1 heterocycles. The molecule has 1 amide bonds. The summed E-state index contributed by atoms with van der Waals surface area (Å²) < 4.78 is 14.2. The number of nitrogens with one attached hydrogen (secondary N) is 1. The number of nitrogens with zero attached hydrogens (tertiary/aromatic N) is 1. The first kappa shape index (κ1) is 17.3. The number of fused-ring (bicyclic) bond motifs is 1. The van der Waals surface area contributed by atoms with Crippen LogP contribution in [0.5, 0.6) is 0 Å². The zero-order valence-electron chi connectivity index (χ0n) is 15.1. The maximum Gasteiger partial charge on any atom is 0.261 e. The van der Waals surface area contributed by atoms with E-state index >= 15 is 0 Å². The topological polar surface area (TPSA) is 32.3 Å². The van der Waals surface area contributed by atoms with Gasteiger partial charge in [0.05, 0.1) is 11.6 Å². The average Bonchev–Trinajstić information content (AvgIpc) is 2.69. The minimum Gasteiger partial charge on any atom is -0.378 e. The van der Waals surface area contributed by atoms with Gasteiger partial charge in [-0.2, -0.15) is 0 Å². The quantitative estimate of drug-likeness (QED) is 0.676. The molecule has 0 unspecified atom stereocenters. The van der Waals surface area contributed by atoms with Crippen LogP contribution in [0.25, 0.3) is 0 Å². The Morgan fingerprint density at radius 2 is 1.63 bits per heavy atom. The predicted octanol–water partition coefficient (Wildman–Crippen LogP) is 5.42. The first-order chi connectivity index (χ1) is 13.1. The Labute approximate surface area is 158 Å². The smallest absolute Gasteiger partial charge is 0.261 e. The second-order valence-electron chi connectivity index (χ2n) is 6.86. The van der Waals surface area contributed by atoms with Crippen molar-refractivity contribution >= 4 is 17.3 Å². The Morgan fingerprint density at radius 1 is 0.963 bits per heavy atom. The van der Waals surface area contributed by atoms with Crippen molar-refractivity contribution in [3.63, 3.8) is 0 Å². The Morgan fingerprint density at radius 3 is 2.41 bits per heavy atom. The van der Waals surface area contributed by atoms with Crippen LogP contribution in [0.2, 0.25) is 0 Å². The van der Waals surface area contributed by atoms with Crippen molar-refractivity contribution in [2.24, 2.45) is 0 Å². The molecule has 136 valence electrons. The second kappa shape index (κ2) is 7.23. The lowest BCUT2D eigenvalue weighted by Gasteiger charge is -2.40. The van der Waals surface area contributed by atoms with Crippen LogP contribution in [-0.2, 0) is 0 Å². The Balaban J connectivity index is 1.71. The predicted molar refractivity (Wildman–Crippen MR) is 107 cm³/mol. The van der Waals surface area contributed by atoms with Gasteiger partial charge in [0.1, 0.15) is 5.82 Å². The summed E-state index contributed by atoms with van der Waals surface area (Å²) in [5.74, 6) is -0.789. The highest BCUT2D eigenvalue weighted by Gasteiger charge is 2.34. The van der Waals surface area contributed by atoms with Crippen LogP contribution in [0, 0.1) is 5.82 Å². The summed E-state index contributed by atoms with van der Waals surface area (Å²) in [6, 6.07) is 24.1. The van der Waals surface area contributed by atoms with E-state index in [0.29, 0.717) is 0 Å². The van der Waals surface area contributed by atoms with E-state index in [0.717, 1.165) is 23.4 Å². The van der Waals surface area contributed by atoms with Gasteiger partial charge in [0.2, 0.25) is 0 Å². The van der Waals surface area contributed by atoms with E-state index < -0.39 is 5.82 Å². The minimum atomic E-state index is -0.489.